The molecule has 0 aromatic heterocycles. The van der Waals surface area contributed by atoms with Gasteiger partial charge in [0.1, 0.15) is 24.9 Å². The van der Waals surface area contributed by atoms with E-state index >= 15 is 0 Å². The number of rotatable bonds is 3. The highest BCUT2D eigenvalue weighted by Crippen LogP contribution is 2.44. The lowest BCUT2D eigenvalue weighted by molar-refractivity contribution is -0.231. The van der Waals surface area contributed by atoms with Gasteiger partial charge in [-0.1, -0.05) is 0 Å². The Hall–Kier alpha value is -1.26. The predicted molar refractivity (Wildman–Crippen MR) is 73.2 cm³/mol. The number of carboxylic acid groups (broad SMARTS) is 1. The van der Waals surface area contributed by atoms with Gasteiger partial charge in [0.2, 0.25) is 0 Å². The first-order valence-corrected chi connectivity index (χ1v) is 7.44. The monoisotopic (exact) mass is 331 g/mol. The van der Waals surface area contributed by atoms with E-state index in [1.54, 1.807) is 27.7 Å². The summed E-state index contributed by atoms with van der Waals surface area (Å²) in [5.74, 6) is -3.51. The molecule has 3 aliphatic rings. The molecule has 0 unspecified atom stereocenters. The molecule has 3 rings (SSSR count). The molecule has 0 saturated carbocycles. The number of hydrogen-bond donors (Lipinski definition) is 2. The van der Waals surface area contributed by atoms with E-state index in [-0.39, 0.29) is 0 Å². The topological polar surface area (TPSA) is 113 Å². The SMILES string of the molecule is CC1(C)O[C@@H]2O[C@@H](C(=O)NCC(=O)O)[C@H]3OC(C)(C)O[C@@H]3[C@H]2O1. The van der Waals surface area contributed by atoms with Gasteiger partial charge >= 0.3 is 5.97 Å². The van der Waals surface area contributed by atoms with Crippen molar-refractivity contribution in [2.45, 2.75) is 70.0 Å². The Kier molecular flexibility index (Phi) is 3.88. The molecule has 0 aliphatic carbocycles. The third kappa shape index (κ3) is 3.20. The first-order chi connectivity index (χ1) is 10.6. The summed E-state index contributed by atoms with van der Waals surface area (Å²) in [7, 11) is 0. The van der Waals surface area contributed by atoms with Gasteiger partial charge in [-0.05, 0) is 27.7 Å². The lowest BCUT2D eigenvalue weighted by atomic mass is 9.98. The third-order valence-corrected chi connectivity index (χ3v) is 3.83. The van der Waals surface area contributed by atoms with Crippen LogP contribution in [0, 0.1) is 0 Å². The van der Waals surface area contributed by atoms with Gasteiger partial charge in [0, 0.05) is 0 Å². The minimum Gasteiger partial charge on any atom is -0.480 e. The summed E-state index contributed by atoms with van der Waals surface area (Å²) in [5.41, 5.74) is 0. The smallest absolute Gasteiger partial charge is 0.322 e. The molecule has 2 N–H and O–H groups in total. The molecule has 0 aromatic carbocycles. The van der Waals surface area contributed by atoms with Crippen molar-refractivity contribution in [3.63, 3.8) is 0 Å². The summed E-state index contributed by atoms with van der Waals surface area (Å²) in [6.07, 6.45) is -3.62. The van der Waals surface area contributed by atoms with Crippen molar-refractivity contribution in [2.75, 3.05) is 6.54 Å². The molecular formula is C14H21NO8. The molecule has 3 fully saturated rings. The van der Waals surface area contributed by atoms with Crippen molar-refractivity contribution in [3.05, 3.63) is 0 Å². The molecule has 0 radical (unpaired) electrons. The molecule has 0 bridgehead atoms. The van der Waals surface area contributed by atoms with E-state index in [9.17, 15) is 9.59 Å². The van der Waals surface area contributed by atoms with Crippen LogP contribution >= 0.6 is 0 Å². The van der Waals surface area contributed by atoms with Crippen molar-refractivity contribution in [2.24, 2.45) is 0 Å². The van der Waals surface area contributed by atoms with Gasteiger partial charge in [0.15, 0.2) is 24.0 Å². The standard InChI is InChI=1S/C14H21NO8/c1-13(2)20-7-8(21-13)10-12(23-14(3,4)22-10)19-9(7)11(18)15-5-6(16)17/h7-10,12H,5H2,1-4H3,(H,15,18)(H,16,17)/t7-,8-,9+,10+,12-/m0/s1. The Labute approximate surface area is 133 Å². The molecular weight excluding hydrogens is 310 g/mol. The molecule has 3 aliphatic heterocycles. The molecule has 5 atom stereocenters. The maximum atomic E-state index is 12.3. The van der Waals surface area contributed by atoms with E-state index in [0.717, 1.165) is 0 Å². The minimum absolute atomic E-state index is 0.503. The lowest BCUT2D eigenvalue weighted by Gasteiger charge is -2.36. The number of carbonyl (C=O) groups is 2. The largest absolute Gasteiger partial charge is 0.480 e. The Balaban J connectivity index is 1.81. The Bertz CT molecular complexity index is 519. The van der Waals surface area contributed by atoms with Crippen LogP contribution in [-0.2, 0) is 33.3 Å². The number of amides is 1. The number of fused-ring (bicyclic) bond motifs is 3. The Morgan fingerprint density at radius 1 is 0.957 bits per heavy atom. The van der Waals surface area contributed by atoms with Gasteiger partial charge in [-0.25, -0.2) is 0 Å². The number of aliphatic carboxylic acids is 1. The highest BCUT2D eigenvalue weighted by molar-refractivity contribution is 5.85. The number of ether oxygens (including phenoxy) is 5. The van der Waals surface area contributed by atoms with Crippen LogP contribution in [0.2, 0.25) is 0 Å². The average Bonchev–Trinajstić information content (AvgIpc) is 2.89. The van der Waals surface area contributed by atoms with Crippen LogP contribution in [0.25, 0.3) is 0 Å². The van der Waals surface area contributed by atoms with Crippen molar-refractivity contribution < 1.29 is 38.4 Å². The number of carboxylic acids is 1. The predicted octanol–water partition coefficient (Wildman–Crippen LogP) is -0.416. The first kappa shape index (κ1) is 16.6. The number of nitrogens with one attached hydrogen (secondary N) is 1. The second-order valence-corrected chi connectivity index (χ2v) is 6.70. The zero-order valence-electron chi connectivity index (χ0n) is 13.4. The molecule has 23 heavy (non-hydrogen) atoms. The fourth-order valence-corrected chi connectivity index (χ4v) is 3.09. The molecule has 9 nitrogen and oxygen atoms in total. The summed E-state index contributed by atoms with van der Waals surface area (Å²) < 4.78 is 28.8. The van der Waals surface area contributed by atoms with Crippen LogP contribution < -0.4 is 5.32 Å². The van der Waals surface area contributed by atoms with Gasteiger partial charge in [-0.2, -0.15) is 0 Å². The van der Waals surface area contributed by atoms with Crippen molar-refractivity contribution >= 4 is 11.9 Å². The van der Waals surface area contributed by atoms with Crippen molar-refractivity contribution in [3.8, 4) is 0 Å². The highest BCUT2D eigenvalue weighted by Gasteiger charge is 2.62. The number of hydrogen-bond acceptors (Lipinski definition) is 7. The van der Waals surface area contributed by atoms with Crippen molar-refractivity contribution in [1.82, 2.24) is 5.32 Å². The van der Waals surface area contributed by atoms with E-state index in [2.05, 4.69) is 5.32 Å². The van der Waals surface area contributed by atoms with Crippen molar-refractivity contribution in [1.29, 1.82) is 0 Å². The first-order valence-electron chi connectivity index (χ1n) is 7.44. The summed E-state index contributed by atoms with van der Waals surface area (Å²) in [4.78, 5) is 22.9. The maximum Gasteiger partial charge on any atom is 0.322 e. The summed E-state index contributed by atoms with van der Waals surface area (Å²) in [6, 6.07) is 0. The Morgan fingerprint density at radius 2 is 1.52 bits per heavy atom. The molecule has 3 saturated heterocycles. The summed E-state index contributed by atoms with van der Waals surface area (Å²) >= 11 is 0. The van der Waals surface area contributed by atoms with Gasteiger partial charge in [0.05, 0.1) is 0 Å². The average molecular weight is 331 g/mol. The van der Waals surface area contributed by atoms with E-state index in [0.29, 0.717) is 0 Å². The quantitative estimate of drug-likeness (QED) is 0.717. The molecule has 1 amide bonds. The van der Waals surface area contributed by atoms with Crippen LogP contribution in [0.3, 0.4) is 0 Å². The summed E-state index contributed by atoms with van der Waals surface area (Å²) in [6.45, 7) is 6.44. The van der Waals surface area contributed by atoms with E-state index < -0.39 is 60.7 Å². The molecule has 9 heteroatoms. The van der Waals surface area contributed by atoms with Crippen LogP contribution in [0.15, 0.2) is 0 Å². The summed E-state index contributed by atoms with van der Waals surface area (Å²) in [5, 5.41) is 11.0. The zero-order valence-corrected chi connectivity index (χ0v) is 13.4. The van der Waals surface area contributed by atoms with Gasteiger partial charge in [0.25, 0.3) is 5.91 Å². The van der Waals surface area contributed by atoms with Gasteiger partial charge in [-0.3, -0.25) is 9.59 Å². The minimum atomic E-state index is -1.14. The normalized spacial score (nSPS) is 40.3. The zero-order chi connectivity index (χ0) is 17.0. The van der Waals surface area contributed by atoms with Crippen LogP contribution in [0.5, 0.6) is 0 Å². The fourth-order valence-electron chi connectivity index (χ4n) is 3.09. The number of carbonyl (C=O) groups excluding carboxylic acids is 1. The van der Waals surface area contributed by atoms with E-state index in [1.807, 2.05) is 0 Å². The fraction of sp³-hybridized carbons (Fsp3) is 0.857. The van der Waals surface area contributed by atoms with Gasteiger partial charge in [-0.15, -0.1) is 0 Å². The van der Waals surface area contributed by atoms with Crippen LogP contribution in [0.1, 0.15) is 27.7 Å². The van der Waals surface area contributed by atoms with E-state index in [1.165, 1.54) is 0 Å². The second kappa shape index (κ2) is 5.38. The molecule has 3 heterocycles. The molecule has 0 aromatic rings. The molecule has 130 valence electrons. The second-order valence-electron chi connectivity index (χ2n) is 6.70. The van der Waals surface area contributed by atoms with Gasteiger partial charge < -0.3 is 34.1 Å². The van der Waals surface area contributed by atoms with E-state index in [4.69, 9.17) is 28.8 Å². The molecule has 0 spiro atoms. The highest BCUT2D eigenvalue weighted by atomic mass is 16.9. The van der Waals surface area contributed by atoms with Crippen LogP contribution in [-0.4, -0.2) is 65.8 Å². The van der Waals surface area contributed by atoms with Crippen LogP contribution in [0.4, 0.5) is 0 Å². The third-order valence-electron chi connectivity index (χ3n) is 3.83. The lowest BCUT2D eigenvalue weighted by Crippen LogP contribution is -2.59. The Morgan fingerprint density at radius 3 is 2.17 bits per heavy atom. The maximum absolute atomic E-state index is 12.3.